The van der Waals surface area contributed by atoms with Gasteiger partial charge in [0.25, 0.3) is 0 Å². The summed E-state index contributed by atoms with van der Waals surface area (Å²) in [6.45, 7) is 4.71. The van der Waals surface area contributed by atoms with Crippen LogP contribution >= 0.6 is 0 Å². The molecule has 260 valence electrons. The van der Waals surface area contributed by atoms with Crippen molar-refractivity contribution in [3.8, 4) is 33.4 Å². The van der Waals surface area contributed by atoms with Crippen LogP contribution in [0.25, 0.3) is 76.9 Å². The van der Waals surface area contributed by atoms with E-state index in [1.54, 1.807) is 0 Å². The summed E-state index contributed by atoms with van der Waals surface area (Å²) in [7, 11) is 0. The van der Waals surface area contributed by atoms with Crippen LogP contribution in [0, 0.1) is 0 Å². The number of hydrogen-bond donors (Lipinski definition) is 0. The fourth-order valence-corrected chi connectivity index (χ4v) is 9.18. The molecule has 0 spiro atoms. The Morgan fingerprint density at radius 2 is 1.07 bits per heavy atom. The monoisotopic (exact) mass is 703 g/mol. The van der Waals surface area contributed by atoms with Crippen molar-refractivity contribution in [3.63, 3.8) is 0 Å². The molecule has 0 amide bonds. The van der Waals surface area contributed by atoms with Gasteiger partial charge in [-0.05, 0) is 91.5 Å². The molecule has 0 atom stereocenters. The SMILES string of the molecule is CC1(C)c2ccccc2-c2ccc(N(c3cccc4ccccc34)c3cccc4oc5c(-c6ccc(-c7ccccc7)cc6)c6ccccc6cc5c34)cc21. The van der Waals surface area contributed by atoms with E-state index in [1.807, 2.05) is 0 Å². The van der Waals surface area contributed by atoms with Crippen molar-refractivity contribution in [2.75, 3.05) is 4.90 Å². The molecular weight excluding hydrogens is 667 g/mol. The molecule has 0 fully saturated rings. The third-order valence-electron chi connectivity index (χ3n) is 11.8. The lowest BCUT2D eigenvalue weighted by Gasteiger charge is -2.29. The smallest absolute Gasteiger partial charge is 0.143 e. The van der Waals surface area contributed by atoms with E-state index in [0.29, 0.717) is 0 Å². The van der Waals surface area contributed by atoms with Gasteiger partial charge in [-0.25, -0.2) is 0 Å². The van der Waals surface area contributed by atoms with Gasteiger partial charge in [0.05, 0.1) is 16.8 Å². The fraction of sp³-hybridized carbons (Fsp3) is 0.0566. The van der Waals surface area contributed by atoms with E-state index < -0.39 is 0 Å². The third kappa shape index (κ3) is 4.81. The van der Waals surface area contributed by atoms with Crippen molar-refractivity contribution < 1.29 is 4.42 Å². The van der Waals surface area contributed by atoms with Crippen LogP contribution in [0.4, 0.5) is 17.1 Å². The Morgan fingerprint density at radius 1 is 0.436 bits per heavy atom. The van der Waals surface area contributed by atoms with E-state index in [0.717, 1.165) is 50.1 Å². The van der Waals surface area contributed by atoms with Crippen LogP contribution in [0.5, 0.6) is 0 Å². The molecule has 2 nitrogen and oxygen atoms in total. The minimum atomic E-state index is -0.134. The average molecular weight is 704 g/mol. The molecule has 0 saturated carbocycles. The Bertz CT molecular complexity index is 3110. The van der Waals surface area contributed by atoms with E-state index in [9.17, 15) is 0 Å². The minimum absolute atomic E-state index is 0.134. The summed E-state index contributed by atoms with van der Waals surface area (Å²) in [4.78, 5) is 2.46. The Kier molecular flexibility index (Phi) is 6.93. The van der Waals surface area contributed by atoms with Gasteiger partial charge in [-0.1, -0.05) is 166 Å². The third-order valence-corrected chi connectivity index (χ3v) is 11.8. The summed E-state index contributed by atoms with van der Waals surface area (Å²) >= 11 is 0. The standard InChI is InChI=1S/C53H37NO/c1-53(2)45-22-11-10-21-42(45)43-31-30-39(33-46(43)53)54(47-23-12-18-36-16-6-8-19-40(36)47)48-24-13-25-49-51(48)44-32-38-17-7-9-20-41(38)50(52(44)55-49)37-28-26-35(27-29-37)34-14-4-3-5-15-34/h3-33H,1-2H3. The van der Waals surface area contributed by atoms with Crippen molar-refractivity contribution in [3.05, 3.63) is 199 Å². The number of rotatable bonds is 5. The van der Waals surface area contributed by atoms with Gasteiger partial charge in [-0.2, -0.15) is 0 Å². The van der Waals surface area contributed by atoms with Crippen LogP contribution in [-0.4, -0.2) is 0 Å². The number of hydrogen-bond acceptors (Lipinski definition) is 2. The molecule has 2 heteroatoms. The zero-order valence-electron chi connectivity index (χ0n) is 30.8. The summed E-state index contributed by atoms with van der Waals surface area (Å²) in [6, 6.07) is 68.3. The molecule has 1 aliphatic carbocycles. The molecule has 11 rings (SSSR count). The second-order valence-electron chi connectivity index (χ2n) is 15.3. The maximum Gasteiger partial charge on any atom is 0.143 e. The second kappa shape index (κ2) is 12.1. The molecule has 1 heterocycles. The Hall–Kier alpha value is -6.90. The number of benzene rings is 9. The summed E-state index contributed by atoms with van der Waals surface area (Å²) in [5.41, 5.74) is 15.0. The molecule has 0 radical (unpaired) electrons. The zero-order valence-corrected chi connectivity index (χ0v) is 30.8. The number of anilines is 3. The number of fused-ring (bicyclic) bond motifs is 8. The Morgan fingerprint density at radius 3 is 1.93 bits per heavy atom. The van der Waals surface area contributed by atoms with Gasteiger partial charge in [-0.15, -0.1) is 0 Å². The Labute approximate surface area is 320 Å². The highest BCUT2D eigenvalue weighted by atomic mass is 16.3. The van der Waals surface area contributed by atoms with Crippen LogP contribution in [0.3, 0.4) is 0 Å². The quantitative estimate of drug-likeness (QED) is 0.177. The van der Waals surface area contributed by atoms with Crippen molar-refractivity contribution in [2.24, 2.45) is 0 Å². The average Bonchev–Trinajstić information content (AvgIpc) is 3.72. The van der Waals surface area contributed by atoms with E-state index in [4.69, 9.17) is 4.42 Å². The first kappa shape index (κ1) is 31.6. The summed E-state index contributed by atoms with van der Waals surface area (Å²) in [6.07, 6.45) is 0. The molecule has 0 saturated heterocycles. The lowest BCUT2D eigenvalue weighted by Crippen LogP contribution is -2.16. The highest BCUT2D eigenvalue weighted by molar-refractivity contribution is 6.22. The summed E-state index contributed by atoms with van der Waals surface area (Å²) < 4.78 is 7.03. The van der Waals surface area contributed by atoms with E-state index in [-0.39, 0.29) is 5.41 Å². The van der Waals surface area contributed by atoms with Gasteiger partial charge < -0.3 is 9.32 Å². The fourth-order valence-electron chi connectivity index (χ4n) is 9.18. The number of nitrogens with zero attached hydrogens (tertiary/aromatic N) is 1. The van der Waals surface area contributed by atoms with Crippen molar-refractivity contribution in [1.29, 1.82) is 0 Å². The molecule has 1 aromatic heterocycles. The van der Waals surface area contributed by atoms with Gasteiger partial charge in [0.1, 0.15) is 11.2 Å². The lowest BCUT2D eigenvalue weighted by molar-refractivity contribution is 0.660. The van der Waals surface area contributed by atoms with Gasteiger partial charge in [0, 0.05) is 27.4 Å². The molecule has 55 heavy (non-hydrogen) atoms. The topological polar surface area (TPSA) is 16.4 Å². The van der Waals surface area contributed by atoms with Crippen molar-refractivity contribution in [2.45, 2.75) is 19.3 Å². The second-order valence-corrected chi connectivity index (χ2v) is 15.3. The van der Waals surface area contributed by atoms with Crippen LogP contribution in [0.2, 0.25) is 0 Å². The van der Waals surface area contributed by atoms with Crippen molar-refractivity contribution in [1.82, 2.24) is 0 Å². The van der Waals surface area contributed by atoms with Crippen LogP contribution in [-0.2, 0) is 5.41 Å². The van der Waals surface area contributed by atoms with Crippen LogP contribution in [0.15, 0.2) is 192 Å². The minimum Gasteiger partial charge on any atom is -0.455 e. The highest BCUT2D eigenvalue weighted by Crippen LogP contribution is 2.52. The van der Waals surface area contributed by atoms with Crippen molar-refractivity contribution >= 4 is 60.5 Å². The predicted octanol–water partition coefficient (Wildman–Crippen LogP) is 15.0. The molecule has 0 unspecified atom stereocenters. The summed E-state index contributed by atoms with van der Waals surface area (Å²) in [5, 5.41) is 6.96. The molecule has 9 aromatic carbocycles. The largest absolute Gasteiger partial charge is 0.455 e. The normalized spacial score (nSPS) is 13.1. The van der Waals surface area contributed by atoms with Gasteiger partial charge in [0.2, 0.25) is 0 Å². The van der Waals surface area contributed by atoms with E-state index in [2.05, 4.69) is 207 Å². The lowest BCUT2D eigenvalue weighted by atomic mass is 9.82. The first-order valence-corrected chi connectivity index (χ1v) is 19.1. The zero-order chi connectivity index (χ0) is 36.7. The molecular formula is C53H37NO. The summed E-state index contributed by atoms with van der Waals surface area (Å²) in [5.74, 6) is 0. The van der Waals surface area contributed by atoms with Gasteiger partial charge in [-0.3, -0.25) is 0 Å². The maximum atomic E-state index is 7.03. The molecule has 0 bridgehead atoms. The molecule has 0 aliphatic heterocycles. The molecule has 0 N–H and O–H groups in total. The first-order chi connectivity index (χ1) is 27.0. The first-order valence-electron chi connectivity index (χ1n) is 19.1. The van der Waals surface area contributed by atoms with Gasteiger partial charge >= 0.3 is 0 Å². The van der Waals surface area contributed by atoms with E-state index >= 15 is 0 Å². The molecule has 1 aliphatic rings. The van der Waals surface area contributed by atoms with Crippen LogP contribution < -0.4 is 4.90 Å². The highest BCUT2D eigenvalue weighted by Gasteiger charge is 2.36. The van der Waals surface area contributed by atoms with E-state index in [1.165, 1.54) is 54.9 Å². The predicted molar refractivity (Wildman–Crippen MR) is 232 cm³/mol. The maximum absolute atomic E-state index is 7.03. The van der Waals surface area contributed by atoms with Gasteiger partial charge in [0.15, 0.2) is 0 Å². The molecule has 10 aromatic rings. The Balaban J connectivity index is 1.18. The van der Waals surface area contributed by atoms with Crippen LogP contribution in [0.1, 0.15) is 25.0 Å². The number of furan rings is 1.